The summed E-state index contributed by atoms with van der Waals surface area (Å²) < 4.78 is 3.28. The van der Waals surface area contributed by atoms with Crippen LogP contribution >= 0.6 is 11.8 Å². The molecule has 0 radical (unpaired) electrons. The second-order valence-electron chi connectivity index (χ2n) is 9.62. The molecule has 184 valence electrons. The molecule has 5 rings (SSSR count). The fourth-order valence-electron chi connectivity index (χ4n) is 4.81. The second-order valence-corrected chi connectivity index (χ2v) is 10.6. The number of fused-ring (bicyclic) bond motifs is 4. The molecule has 0 bridgehead atoms. The van der Waals surface area contributed by atoms with Gasteiger partial charge >= 0.3 is 0 Å². The molecule has 0 saturated heterocycles. The third-order valence-corrected chi connectivity index (χ3v) is 7.67. The van der Waals surface area contributed by atoms with Crippen LogP contribution in [-0.2, 0) is 23.2 Å². The number of aromatic nitrogens is 4. The molecule has 8 heteroatoms. The number of nitrogens with one attached hydrogen (secondary N) is 1. The number of nitrogens with zero attached hydrogens (tertiary/aromatic N) is 4. The molecule has 0 fully saturated rings. The fraction of sp³-hybridized carbons (Fsp3) is 0.286. The summed E-state index contributed by atoms with van der Waals surface area (Å²) in [5.41, 5.74) is 4.79. The second kappa shape index (κ2) is 9.43. The largest absolute Gasteiger partial charge is 0.325 e. The summed E-state index contributed by atoms with van der Waals surface area (Å²) in [5, 5.41) is 8.05. The average molecular weight is 500 g/mol. The normalized spacial score (nSPS) is 16.4. The Labute approximate surface area is 214 Å². The van der Waals surface area contributed by atoms with E-state index in [4.69, 9.17) is 10.1 Å². The van der Waals surface area contributed by atoms with Gasteiger partial charge in [-0.3, -0.25) is 9.59 Å². The summed E-state index contributed by atoms with van der Waals surface area (Å²) in [6, 6.07) is 17.5. The molecule has 1 aliphatic rings. The third kappa shape index (κ3) is 4.26. The lowest BCUT2D eigenvalue weighted by atomic mass is 9.69. The van der Waals surface area contributed by atoms with Crippen LogP contribution in [0.15, 0.2) is 76.7 Å². The standard InChI is InChI=1S/C28H29N5O2S/c1-5-28(4)15-19-11-9-10-14-21(19)24-23(28)25(35)33-26(30-24)32(16-18(2)3)31-27(33)36-17-22(34)29-20-12-7-6-8-13-20/h6-14H,2,5,15-17H2,1,3-4H3,(H,29,34)/t28-/m0/s1. The van der Waals surface area contributed by atoms with Crippen LogP contribution in [0.1, 0.15) is 38.3 Å². The minimum atomic E-state index is -0.349. The summed E-state index contributed by atoms with van der Waals surface area (Å²) in [6.07, 6.45) is 1.58. The van der Waals surface area contributed by atoms with Crippen LogP contribution < -0.4 is 10.9 Å². The van der Waals surface area contributed by atoms with Crippen molar-refractivity contribution >= 4 is 29.1 Å². The molecule has 1 amide bonds. The number of carbonyl (C=O) groups excluding carboxylic acids is 1. The van der Waals surface area contributed by atoms with Crippen molar-refractivity contribution < 1.29 is 4.79 Å². The van der Waals surface area contributed by atoms with E-state index in [1.807, 2.05) is 55.5 Å². The molecule has 1 N–H and O–H groups in total. The highest BCUT2D eigenvalue weighted by Crippen LogP contribution is 2.42. The highest BCUT2D eigenvalue weighted by atomic mass is 32.2. The zero-order valence-electron chi connectivity index (χ0n) is 20.7. The molecule has 2 aromatic heterocycles. The fourth-order valence-corrected chi connectivity index (χ4v) is 5.59. The van der Waals surface area contributed by atoms with Gasteiger partial charge in [0, 0.05) is 16.7 Å². The van der Waals surface area contributed by atoms with Crippen LogP contribution in [0.4, 0.5) is 5.69 Å². The molecule has 0 aliphatic heterocycles. The van der Waals surface area contributed by atoms with Gasteiger partial charge < -0.3 is 5.32 Å². The first-order chi connectivity index (χ1) is 17.3. The molecule has 2 aromatic carbocycles. The van der Waals surface area contributed by atoms with Crippen LogP contribution in [0, 0.1) is 0 Å². The van der Waals surface area contributed by atoms with E-state index in [-0.39, 0.29) is 22.6 Å². The van der Waals surface area contributed by atoms with Gasteiger partial charge in [0.15, 0.2) is 5.16 Å². The van der Waals surface area contributed by atoms with E-state index in [9.17, 15) is 9.59 Å². The Morgan fingerprint density at radius 1 is 1.17 bits per heavy atom. The van der Waals surface area contributed by atoms with Gasteiger partial charge in [0.1, 0.15) is 0 Å². The molecular weight excluding hydrogens is 470 g/mol. The van der Waals surface area contributed by atoms with Gasteiger partial charge in [-0.2, -0.15) is 0 Å². The first-order valence-corrected chi connectivity index (χ1v) is 13.0. The van der Waals surface area contributed by atoms with Crippen LogP contribution in [-0.4, -0.2) is 30.8 Å². The van der Waals surface area contributed by atoms with Crippen molar-refractivity contribution in [3.05, 3.63) is 88.2 Å². The number of carbonyl (C=O) groups is 1. The van der Waals surface area contributed by atoms with E-state index in [1.165, 1.54) is 17.3 Å². The summed E-state index contributed by atoms with van der Waals surface area (Å²) in [5.74, 6) is 0.411. The molecule has 1 aliphatic carbocycles. The molecule has 0 unspecified atom stereocenters. The maximum absolute atomic E-state index is 14.1. The maximum Gasteiger partial charge on any atom is 0.265 e. The van der Waals surface area contributed by atoms with Crippen molar-refractivity contribution in [2.75, 3.05) is 11.1 Å². The molecular formula is C28H29N5O2S. The quantitative estimate of drug-likeness (QED) is 0.283. The minimum absolute atomic E-state index is 0.117. The SMILES string of the molecule is C=C(C)Cn1nc(SCC(=O)Nc2ccccc2)n2c(=O)c3c(nc12)-c1ccccc1C[C@]3(C)CC. The van der Waals surface area contributed by atoms with E-state index < -0.39 is 0 Å². The number of hydrogen-bond donors (Lipinski definition) is 1. The van der Waals surface area contributed by atoms with Crippen LogP contribution in [0.2, 0.25) is 0 Å². The molecule has 4 aromatic rings. The number of thioether (sulfide) groups is 1. The number of rotatable bonds is 7. The van der Waals surface area contributed by atoms with E-state index in [2.05, 4.69) is 31.8 Å². The predicted octanol–water partition coefficient (Wildman–Crippen LogP) is 5.09. The van der Waals surface area contributed by atoms with Gasteiger partial charge in [-0.1, -0.05) is 80.2 Å². The predicted molar refractivity (Wildman–Crippen MR) is 145 cm³/mol. The highest BCUT2D eigenvalue weighted by Gasteiger charge is 2.38. The van der Waals surface area contributed by atoms with Gasteiger partial charge in [0.05, 0.1) is 23.6 Å². The Kier molecular flexibility index (Phi) is 6.30. The smallest absolute Gasteiger partial charge is 0.265 e. The van der Waals surface area contributed by atoms with Crippen molar-refractivity contribution in [1.82, 2.24) is 19.2 Å². The summed E-state index contributed by atoms with van der Waals surface area (Å²) in [6.45, 7) is 10.6. The Hall–Kier alpha value is -3.65. The van der Waals surface area contributed by atoms with E-state index in [0.717, 1.165) is 35.4 Å². The van der Waals surface area contributed by atoms with E-state index in [1.54, 1.807) is 9.08 Å². The van der Waals surface area contributed by atoms with Crippen LogP contribution in [0.5, 0.6) is 0 Å². The van der Waals surface area contributed by atoms with Crippen molar-refractivity contribution in [3.8, 4) is 11.3 Å². The van der Waals surface area contributed by atoms with Crippen molar-refractivity contribution in [2.24, 2.45) is 0 Å². The number of para-hydroxylation sites is 1. The Bertz CT molecular complexity index is 1540. The zero-order valence-corrected chi connectivity index (χ0v) is 21.6. The van der Waals surface area contributed by atoms with Crippen molar-refractivity contribution in [3.63, 3.8) is 0 Å². The van der Waals surface area contributed by atoms with Crippen LogP contribution in [0.25, 0.3) is 17.0 Å². The molecule has 0 saturated carbocycles. The lowest BCUT2D eigenvalue weighted by molar-refractivity contribution is -0.113. The van der Waals surface area contributed by atoms with Gasteiger partial charge in [-0.25, -0.2) is 14.1 Å². The number of allylic oxidation sites excluding steroid dienone is 1. The monoisotopic (exact) mass is 499 g/mol. The summed E-state index contributed by atoms with van der Waals surface area (Å²) in [4.78, 5) is 31.8. The Morgan fingerprint density at radius 2 is 1.89 bits per heavy atom. The number of anilines is 1. The highest BCUT2D eigenvalue weighted by molar-refractivity contribution is 7.99. The number of amides is 1. The van der Waals surface area contributed by atoms with Gasteiger partial charge in [-0.05, 0) is 37.5 Å². The molecule has 1 atom stereocenters. The van der Waals surface area contributed by atoms with Gasteiger partial charge in [0.25, 0.3) is 5.56 Å². The third-order valence-electron chi connectivity index (χ3n) is 6.74. The number of benzene rings is 2. The summed E-state index contributed by atoms with van der Waals surface area (Å²) in [7, 11) is 0. The zero-order chi connectivity index (χ0) is 25.4. The topological polar surface area (TPSA) is 81.3 Å². The molecule has 0 spiro atoms. The van der Waals surface area contributed by atoms with E-state index in [0.29, 0.717) is 23.0 Å². The van der Waals surface area contributed by atoms with Crippen LogP contribution in [0.3, 0.4) is 0 Å². The van der Waals surface area contributed by atoms with Gasteiger partial charge in [0.2, 0.25) is 11.7 Å². The number of hydrogen-bond acceptors (Lipinski definition) is 5. The van der Waals surface area contributed by atoms with Crippen molar-refractivity contribution in [1.29, 1.82) is 0 Å². The lowest BCUT2D eigenvalue weighted by Gasteiger charge is -2.35. The Morgan fingerprint density at radius 3 is 2.61 bits per heavy atom. The lowest BCUT2D eigenvalue weighted by Crippen LogP contribution is -2.38. The van der Waals surface area contributed by atoms with Gasteiger partial charge in [-0.15, -0.1) is 5.10 Å². The molecule has 7 nitrogen and oxygen atoms in total. The van der Waals surface area contributed by atoms with Crippen molar-refractivity contribution in [2.45, 2.75) is 50.7 Å². The summed E-state index contributed by atoms with van der Waals surface area (Å²) >= 11 is 1.23. The maximum atomic E-state index is 14.1. The minimum Gasteiger partial charge on any atom is -0.325 e. The first-order valence-electron chi connectivity index (χ1n) is 12.0. The average Bonchev–Trinajstić information content (AvgIpc) is 3.20. The Balaban J connectivity index is 1.62. The first kappa shape index (κ1) is 24.1. The van der Waals surface area contributed by atoms with E-state index >= 15 is 0 Å². The molecule has 36 heavy (non-hydrogen) atoms. The molecule has 2 heterocycles.